The molecular formula is C10H7BrClFN2S. The Bertz CT molecular complexity index is 503. The Balaban J connectivity index is 2.07. The quantitative estimate of drug-likeness (QED) is 0.911. The smallest absolute Gasteiger partial charge is 0.146 e. The van der Waals surface area contributed by atoms with Crippen LogP contribution < -0.4 is 5.32 Å². The Morgan fingerprint density at radius 2 is 2.31 bits per heavy atom. The molecule has 0 saturated carbocycles. The SMILES string of the molecule is Fc1ccc(Br)cc1NCc1ncc(Cl)s1. The molecule has 0 aliphatic carbocycles. The van der Waals surface area contributed by atoms with Gasteiger partial charge < -0.3 is 5.32 Å². The lowest BCUT2D eigenvalue weighted by Gasteiger charge is -2.05. The summed E-state index contributed by atoms with van der Waals surface area (Å²) in [6, 6.07) is 4.74. The second kappa shape index (κ2) is 5.12. The lowest BCUT2D eigenvalue weighted by molar-refractivity contribution is 0.630. The third kappa shape index (κ3) is 2.93. The van der Waals surface area contributed by atoms with E-state index in [9.17, 15) is 4.39 Å². The van der Waals surface area contributed by atoms with E-state index in [-0.39, 0.29) is 5.82 Å². The molecule has 1 N–H and O–H groups in total. The molecule has 0 spiro atoms. The van der Waals surface area contributed by atoms with Gasteiger partial charge in [-0.25, -0.2) is 9.37 Å². The molecular weight excluding hydrogens is 315 g/mol. The van der Waals surface area contributed by atoms with E-state index in [1.165, 1.54) is 17.4 Å². The second-order valence-corrected chi connectivity index (χ2v) is 5.70. The van der Waals surface area contributed by atoms with Crippen LogP contribution in [0.2, 0.25) is 4.34 Å². The molecule has 2 nitrogen and oxygen atoms in total. The molecule has 0 radical (unpaired) electrons. The predicted molar refractivity (Wildman–Crippen MR) is 68.6 cm³/mol. The van der Waals surface area contributed by atoms with Gasteiger partial charge in [-0.1, -0.05) is 27.5 Å². The number of anilines is 1. The molecule has 0 aliphatic heterocycles. The highest BCUT2D eigenvalue weighted by atomic mass is 79.9. The summed E-state index contributed by atoms with van der Waals surface area (Å²) in [5, 5.41) is 3.79. The number of thiazole rings is 1. The minimum atomic E-state index is -0.286. The monoisotopic (exact) mass is 320 g/mol. The Morgan fingerprint density at radius 3 is 3.00 bits per heavy atom. The number of rotatable bonds is 3. The van der Waals surface area contributed by atoms with E-state index in [2.05, 4.69) is 26.2 Å². The third-order valence-corrected chi connectivity index (χ3v) is 3.49. The summed E-state index contributed by atoms with van der Waals surface area (Å²) in [7, 11) is 0. The molecule has 0 aliphatic rings. The summed E-state index contributed by atoms with van der Waals surface area (Å²) in [5.41, 5.74) is 0.445. The molecule has 0 atom stereocenters. The van der Waals surface area contributed by atoms with Crippen molar-refractivity contribution in [2.45, 2.75) is 6.54 Å². The van der Waals surface area contributed by atoms with Crippen molar-refractivity contribution in [2.24, 2.45) is 0 Å². The van der Waals surface area contributed by atoms with Crippen molar-refractivity contribution in [1.29, 1.82) is 0 Å². The van der Waals surface area contributed by atoms with Crippen molar-refractivity contribution in [2.75, 3.05) is 5.32 Å². The number of benzene rings is 1. The first-order valence-corrected chi connectivity index (χ1v) is 6.43. The first-order valence-electron chi connectivity index (χ1n) is 4.44. The molecule has 0 unspecified atom stereocenters. The largest absolute Gasteiger partial charge is 0.376 e. The molecule has 6 heteroatoms. The number of hydrogen-bond donors (Lipinski definition) is 1. The molecule has 2 rings (SSSR count). The summed E-state index contributed by atoms with van der Waals surface area (Å²) in [4.78, 5) is 4.07. The lowest BCUT2D eigenvalue weighted by Crippen LogP contribution is -2.00. The molecule has 0 saturated heterocycles. The van der Waals surface area contributed by atoms with Crippen LogP contribution >= 0.6 is 38.9 Å². The minimum Gasteiger partial charge on any atom is -0.376 e. The number of aromatic nitrogens is 1. The van der Waals surface area contributed by atoms with E-state index in [4.69, 9.17) is 11.6 Å². The van der Waals surface area contributed by atoms with E-state index >= 15 is 0 Å². The fraction of sp³-hybridized carbons (Fsp3) is 0.100. The highest BCUT2D eigenvalue weighted by Gasteiger charge is 2.04. The second-order valence-electron chi connectivity index (χ2n) is 3.04. The van der Waals surface area contributed by atoms with Gasteiger partial charge >= 0.3 is 0 Å². The van der Waals surface area contributed by atoms with Crippen molar-refractivity contribution in [1.82, 2.24) is 4.98 Å². The Hall–Kier alpha value is -0.650. The molecule has 2 aromatic rings. The van der Waals surface area contributed by atoms with Crippen molar-refractivity contribution in [3.63, 3.8) is 0 Å². The van der Waals surface area contributed by atoms with Gasteiger partial charge in [0.05, 0.1) is 18.4 Å². The Kier molecular flexibility index (Phi) is 3.78. The summed E-state index contributed by atoms with van der Waals surface area (Å²) in [6.07, 6.45) is 1.58. The highest BCUT2D eigenvalue weighted by molar-refractivity contribution is 9.10. The molecule has 0 fully saturated rings. The fourth-order valence-electron chi connectivity index (χ4n) is 1.17. The number of nitrogens with one attached hydrogen (secondary N) is 1. The summed E-state index contributed by atoms with van der Waals surface area (Å²) in [6.45, 7) is 0.463. The van der Waals surface area contributed by atoms with Crippen LogP contribution in [0.1, 0.15) is 5.01 Å². The molecule has 1 aromatic heterocycles. The van der Waals surface area contributed by atoms with Gasteiger partial charge in [0.15, 0.2) is 0 Å². The van der Waals surface area contributed by atoms with Gasteiger partial charge in [-0.15, -0.1) is 11.3 Å². The zero-order chi connectivity index (χ0) is 11.5. The standard InChI is InChI=1S/C10H7BrClFN2S/c11-6-1-2-7(13)8(3-6)14-5-10-15-4-9(12)16-10/h1-4,14H,5H2. The zero-order valence-corrected chi connectivity index (χ0v) is 11.2. The molecule has 84 valence electrons. The van der Waals surface area contributed by atoms with Crippen LogP contribution in [0, 0.1) is 5.82 Å². The summed E-state index contributed by atoms with van der Waals surface area (Å²) < 4.78 is 14.8. The average molecular weight is 322 g/mol. The lowest BCUT2D eigenvalue weighted by atomic mass is 10.3. The van der Waals surface area contributed by atoms with Crippen molar-refractivity contribution >= 4 is 44.6 Å². The van der Waals surface area contributed by atoms with Gasteiger partial charge in [0.1, 0.15) is 15.2 Å². The van der Waals surface area contributed by atoms with E-state index in [0.717, 1.165) is 9.48 Å². The van der Waals surface area contributed by atoms with Gasteiger partial charge in [-0.05, 0) is 18.2 Å². The van der Waals surface area contributed by atoms with Crippen molar-refractivity contribution in [3.8, 4) is 0 Å². The van der Waals surface area contributed by atoms with Crippen LogP contribution in [-0.4, -0.2) is 4.98 Å². The predicted octanol–water partition coefficient (Wildman–Crippen LogP) is 4.31. The molecule has 1 aromatic carbocycles. The van der Waals surface area contributed by atoms with Gasteiger partial charge in [-0.2, -0.15) is 0 Å². The molecule has 0 amide bonds. The number of halogens is 3. The van der Waals surface area contributed by atoms with Crippen LogP contribution in [0.25, 0.3) is 0 Å². The van der Waals surface area contributed by atoms with Crippen LogP contribution in [-0.2, 0) is 6.54 Å². The van der Waals surface area contributed by atoms with Crippen molar-refractivity contribution in [3.05, 3.63) is 44.0 Å². The molecule has 0 bridgehead atoms. The molecule has 1 heterocycles. The summed E-state index contributed by atoms with van der Waals surface area (Å²) >= 11 is 10.4. The van der Waals surface area contributed by atoms with Crippen LogP contribution in [0.5, 0.6) is 0 Å². The van der Waals surface area contributed by atoms with E-state index in [0.29, 0.717) is 16.6 Å². The Morgan fingerprint density at radius 1 is 1.50 bits per heavy atom. The maximum Gasteiger partial charge on any atom is 0.146 e. The highest BCUT2D eigenvalue weighted by Crippen LogP contribution is 2.22. The van der Waals surface area contributed by atoms with Gasteiger partial charge in [-0.3, -0.25) is 0 Å². The van der Waals surface area contributed by atoms with Gasteiger partial charge in [0.25, 0.3) is 0 Å². The maximum absolute atomic E-state index is 13.4. The Labute approximate surface area is 110 Å². The van der Waals surface area contributed by atoms with Gasteiger partial charge in [0, 0.05) is 4.47 Å². The normalized spacial score (nSPS) is 10.4. The summed E-state index contributed by atoms with van der Waals surface area (Å²) in [5.74, 6) is -0.286. The average Bonchev–Trinajstić information content (AvgIpc) is 2.66. The van der Waals surface area contributed by atoms with E-state index < -0.39 is 0 Å². The minimum absolute atomic E-state index is 0.286. The first-order chi connectivity index (χ1) is 7.65. The maximum atomic E-state index is 13.4. The van der Waals surface area contributed by atoms with E-state index in [1.54, 1.807) is 18.3 Å². The van der Waals surface area contributed by atoms with Gasteiger partial charge in [0.2, 0.25) is 0 Å². The van der Waals surface area contributed by atoms with Crippen LogP contribution in [0.15, 0.2) is 28.9 Å². The fourth-order valence-corrected chi connectivity index (χ4v) is 2.43. The topological polar surface area (TPSA) is 24.9 Å². The van der Waals surface area contributed by atoms with Crippen LogP contribution in [0.4, 0.5) is 10.1 Å². The first kappa shape index (κ1) is 11.8. The third-order valence-electron chi connectivity index (χ3n) is 1.88. The molecule has 16 heavy (non-hydrogen) atoms. The number of hydrogen-bond acceptors (Lipinski definition) is 3. The van der Waals surface area contributed by atoms with E-state index in [1.807, 2.05) is 0 Å². The van der Waals surface area contributed by atoms with Crippen LogP contribution in [0.3, 0.4) is 0 Å². The number of nitrogens with zero attached hydrogens (tertiary/aromatic N) is 1. The van der Waals surface area contributed by atoms with Crippen molar-refractivity contribution < 1.29 is 4.39 Å². The zero-order valence-electron chi connectivity index (χ0n) is 8.01.